The van der Waals surface area contributed by atoms with Crippen LogP contribution < -0.4 is 5.32 Å². The highest BCUT2D eigenvalue weighted by molar-refractivity contribution is 4.79. The molecule has 0 amide bonds. The van der Waals surface area contributed by atoms with Crippen LogP contribution in [0.5, 0.6) is 0 Å². The Morgan fingerprint density at radius 2 is 1.23 bits per heavy atom. The first-order chi connectivity index (χ1) is 6.13. The second kappa shape index (κ2) is 4.99. The van der Waals surface area contributed by atoms with Gasteiger partial charge in [-0.15, -0.1) is 0 Å². The van der Waals surface area contributed by atoms with Crippen molar-refractivity contribution < 1.29 is 0 Å². The summed E-state index contributed by atoms with van der Waals surface area (Å²) in [6.45, 7) is 12.0. The lowest BCUT2D eigenvalue weighted by Gasteiger charge is -2.31. The second-order valence-electron chi connectivity index (χ2n) is 5.14. The minimum Gasteiger partial charge on any atom is -0.317 e. The molecule has 0 saturated carbocycles. The molecule has 0 aromatic carbocycles. The smallest absolute Gasteiger partial charge is 0.00461 e. The molecule has 2 atom stereocenters. The van der Waals surface area contributed by atoms with Crippen molar-refractivity contribution in [2.45, 2.75) is 40.5 Å². The molecule has 0 aromatic heterocycles. The highest BCUT2D eigenvalue weighted by atomic mass is 14.9. The molecule has 1 saturated heterocycles. The molecule has 0 aromatic rings. The molecule has 0 aliphatic carbocycles. The minimum atomic E-state index is 0.854. The summed E-state index contributed by atoms with van der Waals surface area (Å²) in [5, 5.41) is 3.52. The summed E-state index contributed by atoms with van der Waals surface area (Å²) in [5.41, 5.74) is 0. The van der Waals surface area contributed by atoms with E-state index in [1.54, 1.807) is 0 Å². The molecule has 1 N–H and O–H groups in total. The molecule has 78 valence electrons. The molecule has 1 fully saturated rings. The first kappa shape index (κ1) is 11.0. The lowest BCUT2D eigenvalue weighted by Crippen LogP contribution is -2.24. The zero-order valence-electron chi connectivity index (χ0n) is 9.64. The number of nitrogens with one attached hydrogen (secondary N) is 1. The van der Waals surface area contributed by atoms with Crippen LogP contribution in [0.2, 0.25) is 0 Å². The fraction of sp³-hybridized carbons (Fsp3) is 1.00. The summed E-state index contributed by atoms with van der Waals surface area (Å²) in [4.78, 5) is 0. The van der Waals surface area contributed by atoms with E-state index >= 15 is 0 Å². The van der Waals surface area contributed by atoms with Crippen LogP contribution in [0.25, 0.3) is 0 Å². The standard InChI is InChI=1S/C12H25N/c1-9(2)11-5-7-13-8-6-12(11)10(3)4/h9-13H,5-8H2,1-4H3. The van der Waals surface area contributed by atoms with Gasteiger partial charge in [0.15, 0.2) is 0 Å². The summed E-state index contributed by atoms with van der Waals surface area (Å²) in [5.74, 6) is 3.59. The van der Waals surface area contributed by atoms with E-state index in [-0.39, 0.29) is 0 Å². The third-order valence-electron chi connectivity index (χ3n) is 3.57. The predicted molar refractivity (Wildman–Crippen MR) is 58.8 cm³/mol. The Labute approximate surface area is 83.3 Å². The maximum absolute atomic E-state index is 3.52. The molecule has 0 radical (unpaired) electrons. The van der Waals surface area contributed by atoms with Gasteiger partial charge in [-0.1, -0.05) is 27.7 Å². The SMILES string of the molecule is CC(C)C1CCNCCC1C(C)C. The van der Waals surface area contributed by atoms with Gasteiger partial charge < -0.3 is 5.32 Å². The van der Waals surface area contributed by atoms with Gasteiger partial charge in [-0.2, -0.15) is 0 Å². The van der Waals surface area contributed by atoms with Gasteiger partial charge in [0.05, 0.1) is 0 Å². The van der Waals surface area contributed by atoms with Crippen molar-refractivity contribution in [3.05, 3.63) is 0 Å². The van der Waals surface area contributed by atoms with Gasteiger partial charge in [0, 0.05) is 0 Å². The third-order valence-corrected chi connectivity index (χ3v) is 3.57. The van der Waals surface area contributed by atoms with Gasteiger partial charge in [-0.25, -0.2) is 0 Å². The van der Waals surface area contributed by atoms with Crippen LogP contribution in [0.3, 0.4) is 0 Å². The van der Waals surface area contributed by atoms with E-state index in [0.717, 1.165) is 23.7 Å². The van der Waals surface area contributed by atoms with Crippen molar-refractivity contribution in [1.82, 2.24) is 5.32 Å². The maximum Gasteiger partial charge on any atom is -0.00461 e. The Bertz CT molecular complexity index is 124. The van der Waals surface area contributed by atoms with Crippen molar-refractivity contribution >= 4 is 0 Å². The topological polar surface area (TPSA) is 12.0 Å². The molecule has 1 heterocycles. The van der Waals surface area contributed by atoms with Crippen LogP contribution in [0, 0.1) is 23.7 Å². The van der Waals surface area contributed by atoms with Crippen LogP contribution >= 0.6 is 0 Å². The van der Waals surface area contributed by atoms with Crippen molar-refractivity contribution in [3.8, 4) is 0 Å². The molecule has 1 heteroatoms. The molecule has 1 nitrogen and oxygen atoms in total. The van der Waals surface area contributed by atoms with Gasteiger partial charge in [0.25, 0.3) is 0 Å². The van der Waals surface area contributed by atoms with E-state index in [1.807, 2.05) is 0 Å². The molecule has 0 spiro atoms. The zero-order valence-corrected chi connectivity index (χ0v) is 9.64. The summed E-state index contributed by atoms with van der Waals surface area (Å²) >= 11 is 0. The first-order valence-electron chi connectivity index (χ1n) is 5.83. The Morgan fingerprint density at radius 3 is 1.54 bits per heavy atom. The summed E-state index contributed by atoms with van der Waals surface area (Å²) in [7, 11) is 0. The molecule has 1 rings (SSSR count). The highest BCUT2D eigenvalue weighted by Gasteiger charge is 2.27. The Hall–Kier alpha value is -0.0400. The van der Waals surface area contributed by atoms with Crippen LogP contribution in [0.15, 0.2) is 0 Å². The van der Waals surface area contributed by atoms with Crippen molar-refractivity contribution in [1.29, 1.82) is 0 Å². The van der Waals surface area contributed by atoms with Crippen LogP contribution in [-0.4, -0.2) is 13.1 Å². The molecule has 13 heavy (non-hydrogen) atoms. The van der Waals surface area contributed by atoms with E-state index in [2.05, 4.69) is 33.0 Å². The highest BCUT2D eigenvalue weighted by Crippen LogP contribution is 2.33. The Kier molecular flexibility index (Phi) is 4.24. The average Bonchev–Trinajstić information content (AvgIpc) is 2.27. The Morgan fingerprint density at radius 1 is 0.846 bits per heavy atom. The molecular weight excluding hydrogens is 158 g/mol. The Balaban J connectivity index is 2.61. The van der Waals surface area contributed by atoms with Gasteiger partial charge in [0.1, 0.15) is 0 Å². The van der Waals surface area contributed by atoms with E-state index < -0.39 is 0 Å². The van der Waals surface area contributed by atoms with Crippen molar-refractivity contribution in [2.24, 2.45) is 23.7 Å². The molecule has 1 aliphatic heterocycles. The average molecular weight is 183 g/mol. The number of hydrogen-bond donors (Lipinski definition) is 1. The maximum atomic E-state index is 3.52. The summed E-state index contributed by atoms with van der Waals surface area (Å²) < 4.78 is 0. The van der Waals surface area contributed by atoms with Crippen LogP contribution in [0.1, 0.15) is 40.5 Å². The van der Waals surface area contributed by atoms with E-state index in [9.17, 15) is 0 Å². The summed E-state index contributed by atoms with van der Waals surface area (Å²) in [6, 6.07) is 0. The predicted octanol–water partition coefficient (Wildman–Crippen LogP) is 2.91. The van der Waals surface area contributed by atoms with Crippen LogP contribution in [0.4, 0.5) is 0 Å². The molecule has 0 bridgehead atoms. The fourth-order valence-corrected chi connectivity index (χ4v) is 2.75. The van der Waals surface area contributed by atoms with Gasteiger partial charge >= 0.3 is 0 Å². The van der Waals surface area contributed by atoms with E-state index in [1.165, 1.54) is 25.9 Å². The normalized spacial score (nSPS) is 30.9. The first-order valence-corrected chi connectivity index (χ1v) is 5.83. The van der Waals surface area contributed by atoms with Gasteiger partial charge in [-0.3, -0.25) is 0 Å². The monoisotopic (exact) mass is 183 g/mol. The molecular formula is C12H25N. The largest absolute Gasteiger partial charge is 0.317 e. The zero-order chi connectivity index (χ0) is 9.84. The van der Waals surface area contributed by atoms with Gasteiger partial charge in [-0.05, 0) is 49.6 Å². The number of hydrogen-bond acceptors (Lipinski definition) is 1. The fourth-order valence-electron chi connectivity index (χ4n) is 2.75. The minimum absolute atomic E-state index is 0.854. The number of rotatable bonds is 2. The quantitative estimate of drug-likeness (QED) is 0.694. The lowest BCUT2D eigenvalue weighted by molar-refractivity contribution is 0.190. The van der Waals surface area contributed by atoms with E-state index in [0.29, 0.717) is 0 Å². The van der Waals surface area contributed by atoms with Gasteiger partial charge in [0.2, 0.25) is 0 Å². The van der Waals surface area contributed by atoms with Crippen LogP contribution in [-0.2, 0) is 0 Å². The third kappa shape index (κ3) is 2.98. The lowest BCUT2D eigenvalue weighted by atomic mass is 9.74. The molecule has 1 aliphatic rings. The van der Waals surface area contributed by atoms with E-state index in [4.69, 9.17) is 0 Å². The van der Waals surface area contributed by atoms with Crippen molar-refractivity contribution in [3.63, 3.8) is 0 Å². The molecule has 2 unspecified atom stereocenters. The summed E-state index contributed by atoms with van der Waals surface area (Å²) in [6.07, 6.45) is 2.75. The second-order valence-corrected chi connectivity index (χ2v) is 5.14. The van der Waals surface area contributed by atoms with Crippen molar-refractivity contribution in [2.75, 3.05) is 13.1 Å².